The molecule has 144 heavy (non-hydrogen) atoms. The summed E-state index contributed by atoms with van der Waals surface area (Å²) in [6.45, 7) is 11.9. The van der Waals surface area contributed by atoms with Crippen molar-refractivity contribution in [2.45, 2.75) is 89.7 Å². The van der Waals surface area contributed by atoms with Crippen molar-refractivity contribution in [3.05, 3.63) is 275 Å². The second-order valence-electron chi connectivity index (χ2n) is 33.8. The van der Waals surface area contributed by atoms with Gasteiger partial charge in [-0.15, -0.1) is 34.0 Å². The molecule has 38 nitrogen and oxygen atoms in total. The van der Waals surface area contributed by atoms with E-state index in [9.17, 15) is 75.2 Å². The molecule has 5 aliphatic heterocycles. The number of nitriles is 1. The van der Waals surface area contributed by atoms with E-state index in [1.807, 2.05) is 47.3 Å². The van der Waals surface area contributed by atoms with Gasteiger partial charge in [0, 0.05) is 195 Å². The highest BCUT2D eigenvalue weighted by molar-refractivity contribution is 7.94. The molecule has 0 bridgehead atoms. The summed E-state index contributed by atoms with van der Waals surface area (Å²) in [4.78, 5) is 112. The van der Waals surface area contributed by atoms with Gasteiger partial charge in [-0.2, -0.15) is 5.26 Å². The zero-order valence-corrected chi connectivity index (χ0v) is 85.3. The van der Waals surface area contributed by atoms with Gasteiger partial charge in [0.1, 0.15) is 55.4 Å². The molecule has 19 rings (SSSR count). The molecule has 0 radical (unpaired) electrons. The molecule has 1 unspecified atom stereocenters. The fourth-order valence-corrected chi connectivity index (χ4v) is 24.6. The molecule has 48 heteroatoms. The summed E-state index contributed by atoms with van der Waals surface area (Å²) in [5.41, 5.74) is 8.35. The number of nitrogens with one attached hydrogen (secondary N) is 4. The number of aromatic nitrogens is 7. The van der Waals surface area contributed by atoms with Crippen molar-refractivity contribution in [2.24, 2.45) is 0 Å². The largest absolute Gasteiger partial charge is 0.481 e. The van der Waals surface area contributed by atoms with E-state index < -0.39 is 62.3 Å². The van der Waals surface area contributed by atoms with Crippen molar-refractivity contribution in [1.82, 2.24) is 53.1 Å². The number of carbonyl (C=O) groups is 6. The Bertz CT molecular complexity index is 7820. The van der Waals surface area contributed by atoms with E-state index >= 15 is 0 Å². The van der Waals surface area contributed by atoms with Gasteiger partial charge in [-0.05, 0) is 240 Å². The monoisotopic (exact) mass is 2130 g/mol. The van der Waals surface area contributed by atoms with Crippen molar-refractivity contribution in [3.63, 3.8) is 0 Å². The van der Waals surface area contributed by atoms with Crippen LogP contribution >= 0.6 is 45.6 Å². The van der Waals surface area contributed by atoms with Gasteiger partial charge in [-0.3, -0.25) is 47.7 Å². The highest BCUT2D eigenvalue weighted by Gasteiger charge is 2.41. The second-order valence-corrected chi connectivity index (χ2v) is 45.8. The van der Waals surface area contributed by atoms with Crippen LogP contribution in [0.25, 0.3) is 21.8 Å². The first-order chi connectivity index (χ1) is 68.8. The predicted octanol–water partition coefficient (Wildman–Crippen LogP) is 13.4. The van der Waals surface area contributed by atoms with Crippen LogP contribution in [0.5, 0.6) is 5.75 Å². The molecular formula is C96H105ClFN21O17S8. The van der Waals surface area contributed by atoms with Gasteiger partial charge < -0.3 is 53.1 Å². The number of hydrogen-bond acceptors (Lipinski definition) is 28. The van der Waals surface area contributed by atoms with E-state index in [1.165, 1.54) is 153 Å². The van der Waals surface area contributed by atoms with Gasteiger partial charge in [0.25, 0.3) is 46.0 Å². The van der Waals surface area contributed by atoms with Crippen LogP contribution in [0.3, 0.4) is 0 Å². The first-order valence-electron chi connectivity index (χ1n) is 44.8. The number of benzene rings is 8. The minimum atomic E-state index is -3.79. The zero-order chi connectivity index (χ0) is 102. The standard InChI is InChI=1S/C26H27FN6O3S.C24H20N6O4S2.C23H23ClN4O5S2.C23H25N5O5S3.5H2/c1-18-15-20-16-21(27)3-8-24(20)33(18)19(2)26(34)32-13-11-31(12-14-32)22-4-6-23(7-5-22)37(35,36)30-25-9-10-28-17-29-25;25-14-17-1-6-21-18(13-17)7-9-28(21)15-22(31)29-10-11-30(23(32)16-29)19-2-4-20(5-3-19)36(33,34)27-24-26-8-12-35-24;1-15-13-17(24)3-8-20(15)33-16(2)22(30)27-10-11-28(21(29)14-27)18-4-6-19(7-5-18)35(31,32)26-23-25-9-12-34-23;1-26(2)36(32,33)19-7-8-20-16(15-19)9-12-28(20)21-10-13-27(22(21)29)17-3-5-18(6-4-17)35(30,31)25-23-24-11-14-34-23;;;;;/h3-10,15-17,19H,11-14H2,1-2H3,(H,28,29,30);1-9,12-13H,10-11,15-16H2,(H,26,27);3-9,12-13,16H,10-11,14H2,1-2H3,(H,25,26);3-8,11,14-15,21H,9-10,12-13H2,1-2H3,(H,24,25);5*1H/t;;16-;21-;;;;;/m..10...../s1. The second kappa shape index (κ2) is 43.4. The summed E-state index contributed by atoms with van der Waals surface area (Å²) in [7, 11) is -15.6. The Balaban J connectivity index is 0.000000186. The molecule has 6 amide bonds. The number of amides is 6. The fraction of sp³-hybridized carbons (Fsp3) is 0.250. The van der Waals surface area contributed by atoms with E-state index in [0.29, 0.717) is 105 Å². The molecule has 3 atom stereocenters. The van der Waals surface area contributed by atoms with Crippen LogP contribution in [-0.4, -0.2) is 235 Å². The minimum Gasteiger partial charge on any atom is -0.481 e. The third-order valence-electron chi connectivity index (χ3n) is 24.4. The number of fused-ring (bicyclic) bond motifs is 3. The zero-order valence-electron chi connectivity index (χ0n) is 78.0. The van der Waals surface area contributed by atoms with Gasteiger partial charge in [0.15, 0.2) is 21.5 Å². The number of piperazine rings is 3. The summed E-state index contributed by atoms with van der Waals surface area (Å²) in [6.07, 6.45) is 9.56. The molecule has 6 aromatic heterocycles. The lowest BCUT2D eigenvalue weighted by Gasteiger charge is -2.37. The highest BCUT2D eigenvalue weighted by atomic mass is 35.5. The van der Waals surface area contributed by atoms with Crippen LogP contribution in [0.15, 0.2) is 266 Å². The summed E-state index contributed by atoms with van der Waals surface area (Å²) < 4.78 is 160. The van der Waals surface area contributed by atoms with Crippen LogP contribution < -0.4 is 48.1 Å². The number of ether oxygens (including phenoxy) is 1. The average Bonchev–Trinajstić information content (AvgIpc) is 1.62. The molecule has 4 saturated heterocycles. The number of rotatable bonds is 26. The number of nitrogens with zero attached hydrogens (tertiary/aromatic N) is 17. The quantitative estimate of drug-likeness (QED) is 0.0391. The van der Waals surface area contributed by atoms with E-state index in [-0.39, 0.29) is 126 Å². The summed E-state index contributed by atoms with van der Waals surface area (Å²) >= 11 is 9.51. The number of anilines is 9. The molecule has 11 heterocycles. The number of aryl methyl sites for hydroxylation is 2. The Kier molecular flexibility index (Phi) is 30.9. The number of carbonyl (C=O) groups excluding carboxylic acids is 6. The SMILES string of the molecule is CN(C)S(=O)(=O)c1ccc2c(c1)CCN2[C@H]1CCN(c2ccc(S(=O)(=O)Nc3nccs3)cc2)C1=O.Cc1cc(Cl)ccc1O[C@H](C)C(=O)N1CCN(c2ccc(S(=O)(=O)Nc3nccs3)cc2)C(=O)C1.Cc1cc2cc(F)ccc2n1C(C)C(=O)N1CCN(c2ccc(S(=O)(=O)Nc3ccncn3)cc2)CC1.N#Cc1ccc2c(ccn2CC(=O)N2CCN(c3ccc(S(=O)(=O)Nc4nccs4)cc3)C(=O)C2)c1.[HH].[HH].[HH].[HH].[HH]. The lowest BCUT2D eigenvalue weighted by molar-refractivity contribution is -0.142. The molecule has 0 spiro atoms. The Morgan fingerprint density at radius 2 is 1.06 bits per heavy atom. The number of sulfonamides is 5. The normalized spacial score (nSPS) is 15.6. The van der Waals surface area contributed by atoms with Crippen LogP contribution in [0.4, 0.5) is 54.0 Å². The van der Waals surface area contributed by atoms with Crippen LogP contribution in [0.2, 0.25) is 5.02 Å². The maximum atomic E-state index is 13.6. The van der Waals surface area contributed by atoms with E-state index in [0.717, 1.165) is 50.0 Å². The maximum Gasteiger partial charge on any atom is 0.263 e. The summed E-state index contributed by atoms with van der Waals surface area (Å²) in [6, 6.07) is 51.5. The van der Waals surface area contributed by atoms with Crippen molar-refractivity contribution in [3.8, 4) is 11.8 Å². The molecular weight excluding hydrogens is 2030 g/mol. The molecule has 14 aromatic rings. The smallest absolute Gasteiger partial charge is 0.263 e. The first-order valence-corrected chi connectivity index (χ1v) is 55.2. The van der Waals surface area contributed by atoms with Gasteiger partial charge in [0.2, 0.25) is 39.6 Å². The van der Waals surface area contributed by atoms with Gasteiger partial charge >= 0.3 is 0 Å². The van der Waals surface area contributed by atoms with Crippen molar-refractivity contribution >= 4 is 203 Å². The number of hydrogen-bond donors (Lipinski definition) is 4. The third-order valence-corrected chi connectivity index (χ3v) is 34.3. The third kappa shape index (κ3) is 23.4. The van der Waals surface area contributed by atoms with E-state index in [1.54, 1.807) is 165 Å². The van der Waals surface area contributed by atoms with Crippen molar-refractivity contribution < 1.29 is 87.1 Å². The summed E-state index contributed by atoms with van der Waals surface area (Å²) in [5.74, 6) is -0.581. The van der Waals surface area contributed by atoms with Gasteiger partial charge in [-0.25, -0.2) is 75.7 Å². The molecule has 0 saturated carbocycles. The number of thiazole rings is 3. The number of halogens is 2. The molecule has 4 N–H and O–H groups in total. The maximum absolute atomic E-state index is 13.6. The van der Waals surface area contributed by atoms with E-state index in [2.05, 4.69) is 54.8 Å². The molecule has 8 aromatic carbocycles. The molecule has 5 aliphatic rings. The fourth-order valence-electron chi connectivity index (χ4n) is 17.1. The molecule has 0 aliphatic carbocycles. The van der Waals surface area contributed by atoms with Crippen LogP contribution in [0, 0.1) is 31.0 Å². The lowest BCUT2D eigenvalue weighted by atomic mass is 10.1. The molecule has 4 fully saturated rings. The van der Waals surface area contributed by atoms with E-state index in [4.69, 9.17) is 21.6 Å². The van der Waals surface area contributed by atoms with Crippen molar-refractivity contribution in [1.29, 1.82) is 5.26 Å². The average molecular weight is 2140 g/mol. The predicted molar refractivity (Wildman–Crippen MR) is 558 cm³/mol. The van der Waals surface area contributed by atoms with Gasteiger partial charge in [0.05, 0.1) is 36.1 Å². The Morgan fingerprint density at radius 3 is 1.58 bits per heavy atom. The van der Waals surface area contributed by atoms with Crippen LogP contribution in [0.1, 0.15) is 55.8 Å². The van der Waals surface area contributed by atoms with Crippen molar-refractivity contribution in [2.75, 3.05) is 136 Å². The summed E-state index contributed by atoms with van der Waals surface area (Å²) in [5, 5.41) is 17.1. The topological polar surface area (TPSA) is 458 Å². The first kappa shape index (κ1) is 103. The Hall–Kier alpha value is -14.4. The van der Waals surface area contributed by atoms with Crippen LogP contribution in [-0.2, 0) is 91.8 Å². The highest BCUT2D eigenvalue weighted by Crippen LogP contribution is 2.38. The Morgan fingerprint density at radius 1 is 0.535 bits per heavy atom. The Labute approximate surface area is 854 Å². The lowest BCUT2D eigenvalue weighted by Crippen LogP contribution is -2.54. The minimum absolute atomic E-state index is 0. The molecule has 758 valence electrons. The van der Waals surface area contributed by atoms with Gasteiger partial charge in [-0.1, -0.05) is 11.6 Å².